The van der Waals surface area contributed by atoms with Gasteiger partial charge in [0.05, 0.1) is 21.1 Å². The quantitative estimate of drug-likeness (QED) is 0.558. The van der Waals surface area contributed by atoms with Crippen molar-refractivity contribution in [2.45, 2.75) is 51.0 Å². The summed E-state index contributed by atoms with van der Waals surface area (Å²) in [5.41, 5.74) is 5.75. The first kappa shape index (κ1) is 16.1. The molecule has 3 N–H and O–H groups in total. The van der Waals surface area contributed by atoms with E-state index in [1.807, 2.05) is 19.6 Å². The fourth-order valence-electron chi connectivity index (χ4n) is 1.63. The number of carboxylic acids is 1. The topological polar surface area (TPSA) is 89.6 Å². The molecule has 0 rings (SSSR count). The van der Waals surface area contributed by atoms with Gasteiger partial charge in [0, 0.05) is 0 Å². The third kappa shape index (κ3) is 3.81. The van der Waals surface area contributed by atoms with Gasteiger partial charge in [0.15, 0.2) is 0 Å². The largest absolute Gasteiger partial charge is 0.480 e. The number of aliphatic carboxylic acids is 1. The second-order valence-corrected chi connectivity index (χ2v) is 11.1. The van der Waals surface area contributed by atoms with Gasteiger partial charge in [-0.3, -0.25) is 9.59 Å². The van der Waals surface area contributed by atoms with Gasteiger partial charge in [-0.15, -0.1) is 0 Å². The molecule has 0 aliphatic carbocycles. The summed E-state index contributed by atoms with van der Waals surface area (Å²) in [5, 5.41) is 8.35. The number of carbonyl (C=O) groups excluding carboxylic acids is 1. The molecule has 0 spiro atoms. The molecule has 17 heavy (non-hydrogen) atoms. The minimum Gasteiger partial charge on any atom is -0.480 e. The van der Waals surface area contributed by atoms with Crippen molar-refractivity contribution in [3.05, 3.63) is 0 Å². The highest BCUT2D eigenvalue weighted by Crippen LogP contribution is 2.44. The average Bonchev–Trinajstić information content (AvgIpc) is 2.14. The maximum absolute atomic E-state index is 11.6. The zero-order valence-corrected chi connectivity index (χ0v) is 12.2. The highest BCUT2D eigenvalue weighted by atomic mass is 28.3. The molecule has 0 aliphatic rings. The van der Waals surface area contributed by atoms with Crippen LogP contribution in [0.3, 0.4) is 0 Å². The number of rotatable bonds is 6. The Morgan fingerprint density at radius 2 is 1.88 bits per heavy atom. The van der Waals surface area contributed by atoms with Crippen molar-refractivity contribution in [2.24, 2.45) is 5.73 Å². The van der Waals surface area contributed by atoms with E-state index < -0.39 is 25.1 Å². The Labute approximate surface area is 103 Å². The smallest absolute Gasteiger partial charge is 0.320 e. The van der Waals surface area contributed by atoms with Crippen LogP contribution in [0, 0.1) is 0 Å². The van der Waals surface area contributed by atoms with Gasteiger partial charge in [0.25, 0.3) is 0 Å². The normalized spacial score (nSPS) is 17.1. The average molecular weight is 261 g/mol. The van der Waals surface area contributed by atoms with Crippen molar-refractivity contribution in [1.29, 1.82) is 0 Å². The predicted octanol–water partition coefficient (Wildman–Crippen LogP) is 1.45. The summed E-state index contributed by atoms with van der Waals surface area (Å²) >= 11 is 0. The summed E-state index contributed by atoms with van der Waals surface area (Å²) in [6.07, 6.45) is 0.0596. The van der Waals surface area contributed by atoms with Crippen molar-refractivity contribution in [1.82, 2.24) is 0 Å². The van der Waals surface area contributed by atoms with Gasteiger partial charge in [0.2, 0.25) is 0 Å². The molecule has 0 aliphatic heterocycles. The maximum Gasteiger partial charge on any atom is 0.320 e. The van der Waals surface area contributed by atoms with Crippen LogP contribution in [0.4, 0.5) is 0 Å². The Morgan fingerprint density at radius 1 is 1.41 bits per heavy atom. The molecule has 100 valence electrons. The van der Waals surface area contributed by atoms with Crippen molar-refractivity contribution in [2.75, 3.05) is 6.61 Å². The second-order valence-electron chi connectivity index (χ2n) is 5.47. The second kappa shape index (κ2) is 5.64. The van der Waals surface area contributed by atoms with Gasteiger partial charge in [-0.05, 0) is 12.0 Å². The summed E-state index contributed by atoms with van der Waals surface area (Å²) in [6, 6.07) is -1.04. The van der Waals surface area contributed by atoms with E-state index in [4.69, 9.17) is 15.6 Å². The van der Waals surface area contributed by atoms with Crippen LogP contribution in [-0.2, 0) is 14.3 Å². The number of carboxylic acid groups (broad SMARTS) is 1. The molecule has 0 aromatic rings. The molecule has 5 nitrogen and oxygen atoms in total. The van der Waals surface area contributed by atoms with Crippen LogP contribution in [0.1, 0.15) is 20.3 Å². The van der Waals surface area contributed by atoms with Crippen molar-refractivity contribution in [3.8, 4) is 0 Å². The lowest BCUT2D eigenvalue weighted by Crippen LogP contribution is -2.54. The van der Waals surface area contributed by atoms with Crippen molar-refractivity contribution < 1.29 is 19.4 Å². The predicted molar refractivity (Wildman–Crippen MR) is 68.6 cm³/mol. The summed E-state index contributed by atoms with van der Waals surface area (Å²) in [7, 11) is -1.94. The van der Waals surface area contributed by atoms with Gasteiger partial charge < -0.3 is 15.6 Å². The molecule has 0 aromatic heterocycles. The summed E-state index contributed by atoms with van der Waals surface area (Å²) < 4.78 is 4.90. The lowest BCUT2D eigenvalue weighted by Gasteiger charge is -2.42. The van der Waals surface area contributed by atoms with Crippen LogP contribution in [-0.4, -0.2) is 37.8 Å². The van der Waals surface area contributed by atoms with Crippen LogP contribution in [0.5, 0.6) is 0 Å². The Kier molecular flexibility index (Phi) is 5.34. The van der Waals surface area contributed by atoms with Gasteiger partial charge in [-0.1, -0.05) is 26.6 Å². The zero-order chi connectivity index (χ0) is 13.9. The number of hydrogen-bond donors (Lipinski definition) is 2. The van der Waals surface area contributed by atoms with E-state index in [2.05, 4.69) is 0 Å². The first-order chi connectivity index (χ1) is 7.56. The van der Waals surface area contributed by atoms with E-state index in [0.29, 0.717) is 6.61 Å². The fourth-order valence-corrected chi connectivity index (χ4v) is 3.36. The Balaban J connectivity index is 5.13. The zero-order valence-electron chi connectivity index (χ0n) is 11.2. The molecule has 6 heteroatoms. The Bertz CT molecular complexity index is 300. The van der Waals surface area contributed by atoms with Gasteiger partial charge in [-0.25, -0.2) is 0 Å². The number of ether oxygens (including phenoxy) is 1. The van der Waals surface area contributed by atoms with E-state index in [1.54, 1.807) is 13.8 Å². The first-order valence-corrected chi connectivity index (χ1v) is 9.20. The van der Waals surface area contributed by atoms with Gasteiger partial charge in [-0.2, -0.15) is 0 Å². The third-order valence-corrected chi connectivity index (χ3v) is 7.40. The van der Waals surface area contributed by atoms with Crippen LogP contribution >= 0.6 is 0 Å². The van der Waals surface area contributed by atoms with Crippen molar-refractivity contribution >= 4 is 20.0 Å². The minimum atomic E-state index is -1.94. The molecule has 1 unspecified atom stereocenters. The maximum atomic E-state index is 11.6. The molecule has 0 amide bonds. The molecule has 0 aromatic carbocycles. The number of hydrogen-bond acceptors (Lipinski definition) is 4. The monoisotopic (exact) mass is 261 g/mol. The molecule has 0 fully saturated rings. The van der Waals surface area contributed by atoms with E-state index in [9.17, 15) is 9.59 Å². The summed E-state index contributed by atoms with van der Waals surface area (Å²) in [5.74, 6) is -1.45. The van der Waals surface area contributed by atoms with E-state index in [-0.39, 0.29) is 12.4 Å². The molecule has 0 heterocycles. The molecule has 0 radical (unpaired) electrons. The van der Waals surface area contributed by atoms with Crippen LogP contribution in [0.2, 0.25) is 24.7 Å². The van der Waals surface area contributed by atoms with E-state index in [1.165, 1.54) is 0 Å². The number of carbonyl (C=O) groups is 2. The lowest BCUT2D eigenvalue weighted by molar-refractivity contribution is -0.145. The SMILES string of the molecule is CCOC(=O)CC(C)([C@H](N)C(=O)O)[Si](C)(C)C. The Hall–Kier alpha value is -0.883. The van der Waals surface area contributed by atoms with E-state index in [0.717, 1.165) is 0 Å². The Morgan fingerprint density at radius 3 is 2.18 bits per heavy atom. The van der Waals surface area contributed by atoms with Gasteiger partial charge >= 0.3 is 11.9 Å². The first-order valence-electron chi connectivity index (χ1n) is 5.70. The van der Waals surface area contributed by atoms with Crippen LogP contribution in [0.25, 0.3) is 0 Å². The molecule has 0 bridgehead atoms. The van der Waals surface area contributed by atoms with Crippen LogP contribution < -0.4 is 5.73 Å². The molecule has 2 atom stereocenters. The summed E-state index contributed by atoms with van der Waals surface area (Å²) in [6.45, 7) is 9.82. The molecular weight excluding hydrogens is 238 g/mol. The lowest BCUT2D eigenvalue weighted by atomic mass is 9.97. The minimum absolute atomic E-state index is 0.0596. The molecule has 0 saturated heterocycles. The number of esters is 1. The highest BCUT2D eigenvalue weighted by Gasteiger charge is 2.48. The molecular formula is C11H23NO4Si. The van der Waals surface area contributed by atoms with Crippen LogP contribution in [0.15, 0.2) is 0 Å². The van der Waals surface area contributed by atoms with Gasteiger partial charge in [0.1, 0.15) is 6.04 Å². The third-order valence-electron chi connectivity index (χ3n) is 3.48. The van der Waals surface area contributed by atoms with Crippen molar-refractivity contribution in [3.63, 3.8) is 0 Å². The number of nitrogens with two attached hydrogens (primary N) is 1. The van der Waals surface area contributed by atoms with E-state index >= 15 is 0 Å². The molecule has 0 saturated carbocycles. The highest BCUT2D eigenvalue weighted by molar-refractivity contribution is 6.79. The fraction of sp³-hybridized carbons (Fsp3) is 0.818. The summed E-state index contributed by atoms with van der Waals surface area (Å²) in [4.78, 5) is 22.7. The standard InChI is InChI=1S/C11H23NO4Si/c1-6-16-8(13)7-11(2,17(3,4)5)9(12)10(14)15/h9H,6-7,12H2,1-5H3,(H,14,15)/t9-,11?/m1/s1.